The van der Waals surface area contributed by atoms with Gasteiger partial charge >= 0.3 is 0 Å². The van der Waals surface area contributed by atoms with Crippen LogP contribution < -0.4 is 14.8 Å². The lowest BCUT2D eigenvalue weighted by Crippen LogP contribution is -2.24. The van der Waals surface area contributed by atoms with Gasteiger partial charge in [0.15, 0.2) is 11.6 Å². The topological polar surface area (TPSA) is 120 Å². The number of halogens is 4. The van der Waals surface area contributed by atoms with E-state index in [1.54, 1.807) is 24.3 Å². The van der Waals surface area contributed by atoms with Gasteiger partial charge in [0.1, 0.15) is 4.90 Å². The quantitative estimate of drug-likeness (QED) is 0.293. The zero-order chi connectivity index (χ0) is 30.2. The average molecular weight is 605 g/mol. The third-order valence-corrected chi connectivity index (χ3v) is 8.59. The number of hydrogen-bond acceptors (Lipinski definition) is 8. The molecule has 1 aliphatic rings. The summed E-state index contributed by atoms with van der Waals surface area (Å²) in [5.74, 6) is -3.48. The highest BCUT2D eigenvalue weighted by atomic mass is 32.2. The number of nitrogens with zero attached hydrogens (tertiary/aromatic N) is 3. The first-order valence-corrected chi connectivity index (χ1v) is 14.3. The lowest BCUT2D eigenvalue weighted by atomic mass is 10.1. The Morgan fingerprint density at radius 2 is 1.95 bits per heavy atom. The zero-order valence-corrected chi connectivity index (χ0v) is 23.1. The number of methoxy groups -OCH3 is 1. The number of rotatable bonds is 7. The van der Waals surface area contributed by atoms with Gasteiger partial charge in [-0.2, -0.15) is 0 Å². The number of fused-ring (bicyclic) bond motifs is 2. The number of nitrogens with one attached hydrogen (secondary N) is 1. The van der Waals surface area contributed by atoms with E-state index in [2.05, 4.69) is 20.3 Å². The first kappa shape index (κ1) is 29.2. The van der Waals surface area contributed by atoms with E-state index in [4.69, 9.17) is 9.47 Å². The van der Waals surface area contributed by atoms with Crippen LogP contribution in [0.15, 0.2) is 53.6 Å². The van der Waals surface area contributed by atoms with E-state index in [-0.39, 0.29) is 30.3 Å². The van der Waals surface area contributed by atoms with Crippen LogP contribution in [0.25, 0.3) is 22.2 Å². The molecule has 4 aromatic rings. The number of benzene rings is 1. The number of alkyl halides is 3. The molecule has 0 unspecified atom stereocenters. The van der Waals surface area contributed by atoms with Crippen LogP contribution in [0.1, 0.15) is 41.0 Å². The van der Waals surface area contributed by atoms with Crippen LogP contribution in [0.4, 0.5) is 17.6 Å². The summed E-state index contributed by atoms with van der Waals surface area (Å²) in [6, 6.07) is 9.86. The summed E-state index contributed by atoms with van der Waals surface area (Å²) in [5.41, 5.74) is -0.634. The van der Waals surface area contributed by atoms with Gasteiger partial charge in [-0.1, -0.05) is 6.92 Å². The van der Waals surface area contributed by atoms with E-state index in [9.17, 15) is 30.8 Å². The minimum absolute atomic E-state index is 0.126. The molecule has 1 aliphatic heterocycles. The fourth-order valence-corrected chi connectivity index (χ4v) is 5.75. The van der Waals surface area contributed by atoms with Crippen LogP contribution in [-0.2, 0) is 16.4 Å². The van der Waals surface area contributed by atoms with Crippen molar-refractivity contribution in [2.45, 2.75) is 42.6 Å². The van der Waals surface area contributed by atoms with Crippen LogP contribution >= 0.6 is 0 Å². The summed E-state index contributed by atoms with van der Waals surface area (Å²) < 4.78 is 90.5. The zero-order valence-electron chi connectivity index (χ0n) is 22.3. The molecule has 0 bridgehead atoms. The molecule has 14 heteroatoms. The van der Waals surface area contributed by atoms with Gasteiger partial charge in [-0.25, -0.2) is 35.9 Å². The van der Waals surface area contributed by atoms with E-state index in [0.29, 0.717) is 27.9 Å². The molecule has 0 spiro atoms. The molecule has 5 rings (SSSR count). The normalized spacial score (nSPS) is 16.8. The Morgan fingerprint density at radius 3 is 2.69 bits per heavy atom. The maximum atomic E-state index is 14.7. The van der Waals surface area contributed by atoms with Gasteiger partial charge in [0.25, 0.3) is 5.91 Å². The van der Waals surface area contributed by atoms with Crippen molar-refractivity contribution < 1.29 is 40.2 Å². The predicted octanol–water partition coefficient (Wildman–Crippen LogP) is 4.99. The number of ether oxygens (including phenoxy) is 2. The molecule has 2 atom stereocenters. The summed E-state index contributed by atoms with van der Waals surface area (Å²) in [6.45, 7) is 0.915. The summed E-state index contributed by atoms with van der Waals surface area (Å²) in [5, 5.41) is 3.21. The van der Waals surface area contributed by atoms with Crippen molar-refractivity contribution >= 4 is 26.6 Å². The van der Waals surface area contributed by atoms with Crippen molar-refractivity contribution in [2.75, 3.05) is 13.7 Å². The Kier molecular flexibility index (Phi) is 7.99. The molecular weight excluding hydrogens is 580 g/mol. The van der Waals surface area contributed by atoms with Crippen LogP contribution in [0.5, 0.6) is 11.6 Å². The second-order valence-electron chi connectivity index (χ2n) is 9.54. The maximum Gasteiger partial charge on any atom is 0.251 e. The highest BCUT2D eigenvalue weighted by Gasteiger charge is 2.35. The van der Waals surface area contributed by atoms with Crippen molar-refractivity contribution in [3.63, 3.8) is 0 Å². The standard InChI is InChI=1S/C28H24F4N4O5S/c1-14(26(31)32)20-6-4-18(28(36-20)40-2)21-5-3-15-12-33-17(11-22(15)35-21)13-34-27(37)16-9-19(29)25-23(10-16)42(38,39)24(30)7-8-41-25/h3-6,9-12,14,24,26H,7-8,13H2,1-2H3,(H,34,37)/t14-,24-/m1/s1. The van der Waals surface area contributed by atoms with Crippen molar-refractivity contribution in [3.05, 3.63) is 71.4 Å². The van der Waals surface area contributed by atoms with Gasteiger partial charge < -0.3 is 14.8 Å². The molecule has 1 aromatic carbocycles. The second-order valence-corrected chi connectivity index (χ2v) is 11.6. The Labute approximate surface area is 237 Å². The van der Waals surface area contributed by atoms with Gasteiger partial charge in [0, 0.05) is 23.6 Å². The number of hydrogen-bond donors (Lipinski definition) is 1. The minimum Gasteiger partial charge on any atom is -0.489 e. The Bertz CT molecular complexity index is 1790. The monoisotopic (exact) mass is 604 g/mol. The van der Waals surface area contributed by atoms with Gasteiger partial charge in [-0.3, -0.25) is 9.78 Å². The molecule has 0 saturated heterocycles. The number of sulfone groups is 1. The van der Waals surface area contributed by atoms with E-state index in [1.807, 2.05) is 0 Å². The first-order valence-electron chi connectivity index (χ1n) is 12.7. The molecule has 1 amide bonds. The van der Waals surface area contributed by atoms with Crippen LogP contribution in [0.2, 0.25) is 0 Å². The average Bonchev–Trinajstić information content (AvgIpc) is 3.09. The third-order valence-electron chi connectivity index (χ3n) is 6.76. The number of amides is 1. The fraction of sp³-hybridized carbons (Fsp3) is 0.286. The Morgan fingerprint density at radius 1 is 1.17 bits per heavy atom. The second kappa shape index (κ2) is 11.5. The minimum atomic E-state index is -4.55. The molecule has 9 nitrogen and oxygen atoms in total. The summed E-state index contributed by atoms with van der Waals surface area (Å²) in [4.78, 5) is 25.2. The third kappa shape index (κ3) is 5.58. The summed E-state index contributed by atoms with van der Waals surface area (Å²) >= 11 is 0. The van der Waals surface area contributed by atoms with Crippen LogP contribution in [-0.4, -0.2) is 54.9 Å². The van der Waals surface area contributed by atoms with Gasteiger partial charge in [-0.15, -0.1) is 0 Å². The fourth-order valence-electron chi connectivity index (χ4n) is 4.36. The van der Waals surface area contributed by atoms with E-state index in [0.717, 1.165) is 12.1 Å². The highest BCUT2D eigenvalue weighted by molar-refractivity contribution is 7.92. The van der Waals surface area contributed by atoms with Crippen molar-refractivity contribution in [3.8, 4) is 22.9 Å². The molecule has 42 heavy (non-hydrogen) atoms. The van der Waals surface area contributed by atoms with E-state index >= 15 is 0 Å². The molecule has 0 fully saturated rings. The number of carbonyl (C=O) groups excluding carboxylic acids is 1. The highest BCUT2D eigenvalue weighted by Crippen LogP contribution is 2.35. The number of carbonyl (C=O) groups is 1. The number of pyridine rings is 3. The van der Waals surface area contributed by atoms with Gasteiger partial charge in [0.05, 0.1) is 54.3 Å². The Hall–Kier alpha value is -4.33. The van der Waals surface area contributed by atoms with Gasteiger partial charge in [0.2, 0.25) is 27.6 Å². The smallest absolute Gasteiger partial charge is 0.251 e. The van der Waals surface area contributed by atoms with E-state index in [1.165, 1.54) is 26.3 Å². The molecule has 3 aromatic heterocycles. The molecule has 0 aliphatic carbocycles. The van der Waals surface area contributed by atoms with Crippen LogP contribution in [0.3, 0.4) is 0 Å². The molecular formula is C28H24F4N4O5S. The predicted molar refractivity (Wildman–Crippen MR) is 144 cm³/mol. The van der Waals surface area contributed by atoms with Crippen molar-refractivity contribution in [1.29, 1.82) is 0 Å². The molecule has 0 radical (unpaired) electrons. The molecule has 1 N–H and O–H groups in total. The SMILES string of the molecule is COc1nc([C@@H](C)C(F)F)ccc1-c1ccc2cnc(CNC(=O)c3cc(F)c4c(c3)S(=O)(=O)[C@@H](F)CCO4)cc2n1. The summed E-state index contributed by atoms with van der Waals surface area (Å²) in [7, 11) is -3.17. The molecule has 4 heterocycles. The van der Waals surface area contributed by atoms with Crippen molar-refractivity contribution in [1.82, 2.24) is 20.3 Å². The number of aromatic nitrogens is 3. The first-order chi connectivity index (χ1) is 20.0. The largest absolute Gasteiger partial charge is 0.489 e. The summed E-state index contributed by atoms with van der Waals surface area (Å²) in [6.07, 6.45) is -1.52. The lowest BCUT2D eigenvalue weighted by molar-refractivity contribution is 0.0949. The van der Waals surface area contributed by atoms with E-state index < -0.39 is 56.5 Å². The maximum absolute atomic E-state index is 14.7. The van der Waals surface area contributed by atoms with Crippen LogP contribution in [0, 0.1) is 5.82 Å². The molecule has 220 valence electrons. The Balaban J connectivity index is 1.38. The van der Waals surface area contributed by atoms with Gasteiger partial charge in [-0.05, 0) is 42.5 Å². The molecule has 0 saturated carbocycles. The lowest BCUT2D eigenvalue weighted by Gasteiger charge is -2.14. The van der Waals surface area contributed by atoms with Crippen molar-refractivity contribution in [2.24, 2.45) is 0 Å².